The van der Waals surface area contributed by atoms with E-state index in [0.717, 1.165) is 73.5 Å². The second-order valence-corrected chi connectivity index (χ2v) is 15.9. The van der Waals surface area contributed by atoms with Crippen molar-refractivity contribution >= 4 is 23.7 Å². The number of unbranched alkanes of at least 4 members (excludes halogenated alkanes) is 8. The van der Waals surface area contributed by atoms with Gasteiger partial charge in [0.2, 0.25) is 11.8 Å². The molecule has 276 valence electrons. The zero-order valence-electron chi connectivity index (χ0n) is 30.9. The number of carbonyl (C=O) groups excluding carboxylic acids is 2. The molecule has 1 aromatic carbocycles. The number of nitrogens with zero attached hydrogens (tertiary/aromatic N) is 4. The Labute approximate surface area is 307 Å². The van der Waals surface area contributed by atoms with E-state index < -0.39 is 28.1 Å². The van der Waals surface area contributed by atoms with Gasteiger partial charge >= 0.3 is 0 Å². The van der Waals surface area contributed by atoms with Gasteiger partial charge in [-0.15, -0.1) is 0 Å². The molecule has 2 atom stereocenters. The Morgan fingerprint density at radius 1 is 0.904 bits per heavy atom. The molecule has 7 nitrogen and oxygen atoms in total. The van der Waals surface area contributed by atoms with Crippen LogP contribution < -0.4 is 5.32 Å². The van der Waals surface area contributed by atoms with Crippen LogP contribution in [0.5, 0.6) is 0 Å². The van der Waals surface area contributed by atoms with Gasteiger partial charge in [0.25, 0.3) is 0 Å². The van der Waals surface area contributed by atoms with Gasteiger partial charge in [-0.2, -0.15) is 0 Å². The maximum Gasteiger partial charge on any atom is 0.244 e. The zero-order valence-corrected chi connectivity index (χ0v) is 30.9. The quantitative estimate of drug-likeness (QED) is 0.170. The van der Waals surface area contributed by atoms with Gasteiger partial charge in [0.1, 0.15) is 23.0 Å². The van der Waals surface area contributed by atoms with Crippen LogP contribution in [0, 0.1) is 11.6 Å². The van der Waals surface area contributed by atoms with E-state index in [2.05, 4.69) is 28.2 Å². The van der Waals surface area contributed by atoms with Crippen molar-refractivity contribution in [3.63, 3.8) is 0 Å². The minimum Gasteiger partial charge on any atom is -0.327 e. The normalized spacial score (nSPS) is 23.7. The summed E-state index contributed by atoms with van der Waals surface area (Å²) < 4.78 is 29.6. The lowest BCUT2D eigenvalue weighted by Crippen LogP contribution is -2.71. The number of rotatable bonds is 14. The van der Waals surface area contributed by atoms with Crippen LogP contribution in [0.4, 0.5) is 14.6 Å². The first-order valence-electron chi connectivity index (χ1n) is 19.6. The lowest BCUT2D eigenvalue weighted by molar-refractivity contribution is -0.164. The number of pyridine rings is 2. The molecule has 0 unspecified atom stereocenters. The van der Waals surface area contributed by atoms with Crippen molar-refractivity contribution in [2.45, 2.75) is 127 Å². The fourth-order valence-corrected chi connectivity index (χ4v) is 9.53. The predicted molar refractivity (Wildman–Crippen MR) is 201 cm³/mol. The Kier molecular flexibility index (Phi) is 10.6. The van der Waals surface area contributed by atoms with Crippen molar-refractivity contribution in [3.8, 4) is 0 Å². The molecule has 3 aromatic rings. The molecule has 1 saturated heterocycles. The van der Waals surface area contributed by atoms with Crippen LogP contribution in [0.1, 0.15) is 125 Å². The monoisotopic (exact) mass is 709 g/mol. The third kappa shape index (κ3) is 6.81. The van der Waals surface area contributed by atoms with Crippen LogP contribution in [0.3, 0.4) is 0 Å². The fourth-order valence-electron chi connectivity index (χ4n) is 9.53. The zero-order chi connectivity index (χ0) is 36.3. The molecule has 2 amide bonds. The summed E-state index contributed by atoms with van der Waals surface area (Å²) in [5.74, 6) is -0.637. The van der Waals surface area contributed by atoms with Gasteiger partial charge in [0.15, 0.2) is 0 Å². The van der Waals surface area contributed by atoms with Gasteiger partial charge in [-0.1, -0.05) is 89.4 Å². The van der Waals surface area contributed by atoms with Crippen molar-refractivity contribution in [3.05, 3.63) is 94.5 Å². The third-order valence-electron chi connectivity index (χ3n) is 12.4. The number of carbonyl (C=O) groups is 2. The molecule has 2 aliphatic carbocycles. The van der Waals surface area contributed by atoms with Gasteiger partial charge in [0.05, 0.1) is 11.0 Å². The first kappa shape index (κ1) is 36.4. The third-order valence-corrected chi connectivity index (χ3v) is 12.4. The van der Waals surface area contributed by atoms with E-state index in [1.54, 1.807) is 6.20 Å². The smallest absolute Gasteiger partial charge is 0.244 e. The second-order valence-electron chi connectivity index (χ2n) is 15.9. The SMILES string of the molecule is CCCCCCCCCCCN1C[C@@](C)(c2cc(F)cc(F)c2)N(C/C=C/c2cnc3c(c2)C[C@@]2(C3)C(=O)Nc3ncccc32)C(=O)C12CCCC2. The van der Waals surface area contributed by atoms with Gasteiger partial charge in [-0.05, 0) is 80.1 Å². The number of amides is 2. The molecular formula is C43H53F2N5O2. The van der Waals surface area contributed by atoms with Crippen molar-refractivity contribution in [1.29, 1.82) is 0 Å². The number of hydrogen-bond donors (Lipinski definition) is 1. The van der Waals surface area contributed by atoms with Crippen molar-refractivity contribution in [1.82, 2.24) is 19.8 Å². The lowest BCUT2D eigenvalue weighted by Gasteiger charge is -2.56. The highest BCUT2D eigenvalue weighted by Crippen LogP contribution is 2.48. The van der Waals surface area contributed by atoms with E-state index in [1.807, 2.05) is 42.3 Å². The summed E-state index contributed by atoms with van der Waals surface area (Å²) in [7, 11) is 0. The summed E-state index contributed by atoms with van der Waals surface area (Å²) in [5, 5.41) is 2.95. The lowest BCUT2D eigenvalue weighted by atomic mass is 9.79. The van der Waals surface area contributed by atoms with Gasteiger partial charge in [-0.25, -0.2) is 13.8 Å². The van der Waals surface area contributed by atoms with E-state index in [-0.39, 0.29) is 11.8 Å². The molecule has 2 aromatic heterocycles. The molecule has 2 fully saturated rings. The van der Waals surface area contributed by atoms with Crippen molar-refractivity contribution in [2.24, 2.45) is 0 Å². The molecule has 7 rings (SSSR count). The topological polar surface area (TPSA) is 78.4 Å². The summed E-state index contributed by atoms with van der Waals surface area (Å²) >= 11 is 0. The Balaban J connectivity index is 1.09. The number of benzene rings is 1. The molecule has 1 saturated carbocycles. The maximum atomic E-state index is 14.9. The van der Waals surface area contributed by atoms with Crippen LogP contribution in [0.2, 0.25) is 0 Å². The first-order chi connectivity index (χ1) is 25.2. The number of fused-ring (bicyclic) bond motifs is 3. The van der Waals surface area contributed by atoms with Crippen LogP contribution in [0.15, 0.2) is 54.9 Å². The molecule has 2 aliphatic heterocycles. The number of piperazine rings is 1. The number of nitrogens with one attached hydrogen (secondary N) is 1. The van der Waals surface area contributed by atoms with Gasteiger partial charge in [-0.3, -0.25) is 19.5 Å². The molecule has 2 spiro atoms. The average Bonchev–Trinajstić information content (AvgIpc) is 3.84. The molecule has 0 bridgehead atoms. The fraction of sp³-hybridized carbons (Fsp3) is 0.535. The van der Waals surface area contributed by atoms with Crippen LogP contribution in [0.25, 0.3) is 6.08 Å². The summed E-state index contributed by atoms with van der Waals surface area (Å²) in [5.41, 5.74) is 1.99. The number of halogens is 2. The van der Waals surface area contributed by atoms with E-state index >= 15 is 0 Å². The van der Waals surface area contributed by atoms with Gasteiger partial charge in [0, 0.05) is 49.2 Å². The van der Waals surface area contributed by atoms with E-state index in [0.29, 0.717) is 37.3 Å². The molecule has 4 heterocycles. The summed E-state index contributed by atoms with van der Waals surface area (Å²) in [6.07, 6.45) is 23.2. The summed E-state index contributed by atoms with van der Waals surface area (Å²) in [6, 6.07) is 9.60. The number of aromatic nitrogens is 2. The minimum absolute atomic E-state index is 0.0411. The van der Waals surface area contributed by atoms with E-state index in [9.17, 15) is 18.4 Å². The average molecular weight is 710 g/mol. The maximum absolute atomic E-state index is 14.9. The largest absolute Gasteiger partial charge is 0.327 e. The summed E-state index contributed by atoms with van der Waals surface area (Å²) in [4.78, 5) is 41.4. The molecule has 0 radical (unpaired) electrons. The van der Waals surface area contributed by atoms with Crippen LogP contribution in [-0.4, -0.2) is 56.8 Å². The number of hydrogen-bond acceptors (Lipinski definition) is 5. The molecule has 1 N–H and O–H groups in total. The summed E-state index contributed by atoms with van der Waals surface area (Å²) in [6.45, 7) is 5.83. The molecular weight excluding hydrogens is 657 g/mol. The minimum atomic E-state index is -0.933. The van der Waals surface area contributed by atoms with Gasteiger partial charge < -0.3 is 10.2 Å². The van der Waals surface area contributed by atoms with Crippen LogP contribution in [-0.2, 0) is 33.4 Å². The van der Waals surface area contributed by atoms with E-state index in [1.165, 1.54) is 57.1 Å². The second kappa shape index (κ2) is 15.2. The Bertz CT molecular complexity index is 1800. The highest BCUT2D eigenvalue weighted by molar-refractivity contribution is 6.06. The first-order valence-corrected chi connectivity index (χ1v) is 19.6. The Morgan fingerprint density at radius 3 is 2.35 bits per heavy atom. The van der Waals surface area contributed by atoms with E-state index in [4.69, 9.17) is 4.98 Å². The van der Waals surface area contributed by atoms with Crippen molar-refractivity contribution < 1.29 is 18.4 Å². The molecule has 9 heteroatoms. The Hall–Kier alpha value is -3.98. The highest BCUT2D eigenvalue weighted by atomic mass is 19.1. The number of anilines is 1. The Morgan fingerprint density at radius 2 is 1.62 bits per heavy atom. The molecule has 4 aliphatic rings. The van der Waals surface area contributed by atoms with Crippen molar-refractivity contribution in [2.75, 3.05) is 25.0 Å². The predicted octanol–water partition coefficient (Wildman–Crippen LogP) is 8.66. The molecule has 52 heavy (non-hydrogen) atoms. The standard InChI is InChI=1S/C43H53F2N5O2/c1-3-4-5-6-7-8-9-10-13-21-49-30-41(2,33-24-34(44)26-35(45)25-33)50(40(52)43(49)18-11-12-19-43)22-15-16-31-23-32-27-42(28-37(32)47-29-31)36-17-14-20-46-38(36)48-39(42)51/h14-17,20,23-26,29H,3-13,18-19,21-22,27-28,30H2,1-2H3,(H,46,48,51)/b16-15+/t41-,42-/m0/s1. The van der Waals surface area contributed by atoms with Crippen LogP contribution >= 0.6 is 0 Å². The highest BCUT2D eigenvalue weighted by Gasteiger charge is 2.57.